The van der Waals surface area contributed by atoms with E-state index in [2.05, 4.69) is 33.9 Å². The van der Waals surface area contributed by atoms with Crippen LogP contribution in [-0.2, 0) is 0 Å². The molecule has 0 heterocycles. The molecule has 0 radical (unpaired) electrons. The fourth-order valence-corrected chi connectivity index (χ4v) is 3.04. The van der Waals surface area contributed by atoms with E-state index in [1.165, 1.54) is 0 Å². The maximum absolute atomic E-state index is 9.14. The molecular weight excluding hydrogens is 303 g/mol. The zero-order valence-corrected chi connectivity index (χ0v) is 15.5. The second kappa shape index (κ2) is 6.51. The average Bonchev–Trinajstić information content (AvgIpc) is 2.46. The third kappa shape index (κ3) is 4.25. The van der Waals surface area contributed by atoms with Crippen molar-refractivity contribution in [2.24, 2.45) is 0 Å². The first-order chi connectivity index (χ1) is 10.6. The van der Waals surface area contributed by atoms with E-state index in [1.807, 2.05) is 36.4 Å². The molecule has 0 saturated carbocycles. The van der Waals surface area contributed by atoms with Crippen LogP contribution in [0, 0.1) is 0 Å². The van der Waals surface area contributed by atoms with Crippen molar-refractivity contribution in [1.82, 2.24) is 0 Å². The lowest BCUT2D eigenvalue weighted by Crippen LogP contribution is -2.43. The highest BCUT2D eigenvalue weighted by Crippen LogP contribution is 2.37. The molecule has 0 unspecified atom stereocenters. The van der Waals surface area contributed by atoms with Crippen LogP contribution in [0.1, 0.15) is 20.8 Å². The molecule has 2 rings (SSSR count). The van der Waals surface area contributed by atoms with E-state index in [1.54, 1.807) is 12.1 Å². The lowest BCUT2D eigenvalue weighted by Gasteiger charge is -2.36. The van der Waals surface area contributed by atoms with E-state index < -0.39 is 15.4 Å². The summed E-state index contributed by atoms with van der Waals surface area (Å²) in [6.07, 6.45) is 0. The van der Waals surface area contributed by atoms with Gasteiger partial charge in [0.15, 0.2) is 0 Å². The molecule has 0 atom stereocenters. The Labute approximate surface area is 140 Å². The molecule has 0 aliphatic rings. The van der Waals surface area contributed by atoms with Crippen LogP contribution in [0.15, 0.2) is 48.5 Å². The molecule has 2 N–H and O–H groups in total. The molecule has 3 nitrogen and oxygen atoms in total. The third-order valence-corrected chi connectivity index (χ3v) is 8.93. The molecule has 0 spiro atoms. The summed E-state index contributed by atoms with van der Waals surface area (Å²) < 4.78 is 6.28. The van der Waals surface area contributed by atoms with Crippen molar-refractivity contribution in [3.63, 3.8) is 0 Å². The molecule has 0 aromatic heterocycles. The fraction of sp³-hybridized carbons (Fsp3) is 0.333. The topological polar surface area (TPSA) is 49.7 Å². The van der Waals surface area contributed by atoms with Crippen molar-refractivity contribution in [2.75, 3.05) is 0 Å². The normalized spacial score (nSPS) is 12.1. The second-order valence-electron chi connectivity index (χ2n) is 7.38. The van der Waals surface area contributed by atoms with E-state index >= 15 is 0 Å². The quantitative estimate of drug-likeness (QED) is 0.846. The van der Waals surface area contributed by atoms with Crippen LogP contribution in [0.5, 0.6) is 5.75 Å². The zero-order valence-electron chi connectivity index (χ0n) is 14.5. The first-order valence-corrected chi connectivity index (χ1v) is 10.8. The summed E-state index contributed by atoms with van der Waals surface area (Å²) >= 11 is 0. The van der Waals surface area contributed by atoms with Crippen molar-refractivity contribution in [1.29, 1.82) is 0 Å². The summed E-state index contributed by atoms with van der Waals surface area (Å²) in [7, 11) is -3.24. The van der Waals surface area contributed by atoms with Crippen LogP contribution < -0.4 is 9.89 Å². The molecule has 0 amide bonds. The maximum atomic E-state index is 9.14. The maximum Gasteiger partial charge on any atom is 0.488 e. The molecule has 23 heavy (non-hydrogen) atoms. The van der Waals surface area contributed by atoms with Crippen molar-refractivity contribution in [3.05, 3.63) is 48.5 Å². The fourth-order valence-electron chi connectivity index (χ4n) is 2.01. The molecule has 2 aromatic carbocycles. The summed E-state index contributed by atoms with van der Waals surface area (Å²) in [5.74, 6) is 0.905. The van der Waals surface area contributed by atoms with Gasteiger partial charge in [-0.1, -0.05) is 57.2 Å². The minimum atomic E-state index is -1.82. The largest absolute Gasteiger partial charge is 0.544 e. The Morgan fingerprint density at radius 1 is 0.826 bits per heavy atom. The summed E-state index contributed by atoms with van der Waals surface area (Å²) in [5, 5.41) is 18.4. The van der Waals surface area contributed by atoms with Crippen molar-refractivity contribution in [2.45, 2.75) is 38.9 Å². The van der Waals surface area contributed by atoms with Crippen LogP contribution >= 0.6 is 0 Å². The van der Waals surface area contributed by atoms with Gasteiger partial charge >= 0.3 is 7.12 Å². The minimum absolute atomic E-state index is 0.173. The van der Waals surface area contributed by atoms with Crippen LogP contribution in [0.25, 0.3) is 11.1 Å². The van der Waals surface area contributed by atoms with Gasteiger partial charge in [0, 0.05) is 0 Å². The molecular formula is C18H25BO3Si. The van der Waals surface area contributed by atoms with Gasteiger partial charge in [-0.15, -0.1) is 0 Å². The Morgan fingerprint density at radius 2 is 1.26 bits per heavy atom. The van der Waals surface area contributed by atoms with E-state index in [0.717, 1.165) is 16.9 Å². The third-order valence-electron chi connectivity index (χ3n) is 4.58. The van der Waals surface area contributed by atoms with Crippen LogP contribution in [-0.4, -0.2) is 25.5 Å². The SMILES string of the molecule is CC(C)(C)[Si](C)(C)Oc1ccc(-c2ccc(B(O)O)cc2)cc1. The standard InChI is InChI=1S/C18H25BO3Si/c1-18(2,3)23(4,5)22-17-12-8-15(9-13-17)14-6-10-16(11-7-14)19(20)21/h6-13,20-21H,1-5H3. The molecule has 0 fully saturated rings. The van der Waals surface area contributed by atoms with Gasteiger partial charge in [-0.2, -0.15) is 0 Å². The van der Waals surface area contributed by atoms with E-state index in [9.17, 15) is 0 Å². The molecule has 0 bridgehead atoms. The number of hydrogen-bond acceptors (Lipinski definition) is 3. The lowest BCUT2D eigenvalue weighted by atomic mass is 9.80. The molecule has 0 aliphatic carbocycles. The predicted molar refractivity (Wildman–Crippen MR) is 99.5 cm³/mol. The zero-order chi connectivity index (χ0) is 17.3. The summed E-state index contributed by atoms with van der Waals surface area (Å²) in [4.78, 5) is 0. The molecule has 0 saturated heterocycles. The van der Waals surface area contributed by atoms with E-state index in [-0.39, 0.29) is 5.04 Å². The van der Waals surface area contributed by atoms with E-state index in [4.69, 9.17) is 14.5 Å². The van der Waals surface area contributed by atoms with Gasteiger partial charge in [-0.05, 0) is 46.9 Å². The summed E-state index contributed by atoms with van der Waals surface area (Å²) in [6, 6.07) is 15.3. The molecule has 2 aromatic rings. The second-order valence-corrected chi connectivity index (χ2v) is 12.1. The average molecular weight is 328 g/mol. The molecule has 122 valence electrons. The minimum Gasteiger partial charge on any atom is -0.544 e. The highest BCUT2D eigenvalue weighted by atomic mass is 28.4. The van der Waals surface area contributed by atoms with Gasteiger partial charge < -0.3 is 14.5 Å². The summed E-state index contributed by atoms with van der Waals surface area (Å²) in [6.45, 7) is 11.2. The number of rotatable bonds is 4. The Hall–Kier alpha value is -1.56. The number of benzene rings is 2. The van der Waals surface area contributed by atoms with Gasteiger partial charge in [-0.3, -0.25) is 0 Å². The van der Waals surface area contributed by atoms with Crippen LogP contribution in [0.4, 0.5) is 0 Å². The van der Waals surface area contributed by atoms with Crippen molar-refractivity contribution >= 4 is 20.9 Å². The van der Waals surface area contributed by atoms with Crippen LogP contribution in [0.2, 0.25) is 18.1 Å². The monoisotopic (exact) mass is 328 g/mol. The molecule has 0 aliphatic heterocycles. The Kier molecular flexibility index (Phi) is 5.04. The Bertz CT molecular complexity index is 643. The first kappa shape index (κ1) is 17.8. The highest BCUT2D eigenvalue weighted by Gasteiger charge is 2.38. The highest BCUT2D eigenvalue weighted by molar-refractivity contribution is 6.74. The van der Waals surface area contributed by atoms with Gasteiger partial charge in [0.1, 0.15) is 5.75 Å². The van der Waals surface area contributed by atoms with Crippen molar-refractivity contribution < 1.29 is 14.5 Å². The first-order valence-electron chi connectivity index (χ1n) is 7.86. The predicted octanol–water partition coefficient (Wildman–Crippen LogP) is 3.42. The molecule has 5 heteroatoms. The van der Waals surface area contributed by atoms with Gasteiger partial charge in [-0.25, -0.2) is 0 Å². The van der Waals surface area contributed by atoms with Gasteiger partial charge in [0.2, 0.25) is 8.32 Å². The number of hydrogen-bond donors (Lipinski definition) is 2. The Balaban J connectivity index is 2.16. The smallest absolute Gasteiger partial charge is 0.488 e. The van der Waals surface area contributed by atoms with E-state index in [0.29, 0.717) is 5.46 Å². The lowest BCUT2D eigenvalue weighted by molar-refractivity contribution is 0.426. The summed E-state index contributed by atoms with van der Waals surface area (Å²) in [5.41, 5.74) is 2.60. The van der Waals surface area contributed by atoms with Crippen molar-refractivity contribution in [3.8, 4) is 16.9 Å². The van der Waals surface area contributed by atoms with Gasteiger partial charge in [0.25, 0.3) is 0 Å². The van der Waals surface area contributed by atoms with Crippen LogP contribution in [0.3, 0.4) is 0 Å². The van der Waals surface area contributed by atoms with Gasteiger partial charge in [0.05, 0.1) is 0 Å². The Morgan fingerprint density at radius 3 is 1.65 bits per heavy atom.